The van der Waals surface area contributed by atoms with E-state index in [1.807, 2.05) is 26.0 Å². The van der Waals surface area contributed by atoms with Crippen LogP contribution in [0.2, 0.25) is 0 Å². The molecule has 3 amide bonds. The van der Waals surface area contributed by atoms with Crippen LogP contribution >= 0.6 is 31.9 Å². The molecular formula is C28H28Br2N4O6. The number of amides is 3. The van der Waals surface area contributed by atoms with Crippen LogP contribution in [0.4, 0.5) is 5.69 Å². The predicted octanol–water partition coefficient (Wildman–Crippen LogP) is 4.71. The number of anilines is 1. The van der Waals surface area contributed by atoms with Crippen molar-refractivity contribution in [3.8, 4) is 17.2 Å². The molecule has 0 unspecified atom stereocenters. The molecule has 3 rings (SSSR count). The van der Waals surface area contributed by atoms with Gasteiger partial charge in [0.05, 0.1) is 24.4 Å². The lowest BCUT2D eigenvalue weighted by molar-refractivity contribution is -0.139. The fourth-order valence-electron chi connectivity index (χ4n) is 3.34. The lowest BCUT2D eigenvalue weighted by atomic mass is 10.2. The highest BCUT2D eigenvalue weighted by Gasteiger charge is 2.15. The second kappa shape index (κ2) is 15.0. The maximum atomic E-state index is 12.4. The Morgan fingerprint density at radius 3 is 2.38 bits per heavy atom. The summed E-state index contributed by atoms with van der Waals surface area (Å²) < 4.78 is 18.0. The van der Waals surface area contributed by atoms with Crippen LogP contribution in [-0.4, -0.2) is 44.3 Å². The Bertz CT molecular complexity index is 1400. The van der Waals surface area contributed by atoms with E-state index in [-0.39, 0.29) is 19.1 Å². The molecule has 210 valence electrons. The molecule has 10 nitrogen and oxygen atoms in total. The lowest BCUT2D eigenvalue weighted by Gasteiger charge is -2.15. The minimum atomic E-state index is -0.916. The number of aryl methyl sites for hydroxylation is 1. The largest absolute Gasteiger partial charge is 0.497 e. The Labute approximate surface area is 248 Å². The normalized spacial score (nSPS) is 10.6. The van der Waals surface area contributed by atoms with Gasteiger partial charge >= 0.3 is 11.8 Å². The SMILES string of the molecule is CCOc1cc(/C=N\NC(=O)C(=O)NCc2ccc(OC)cc2)cc(Br)c1OCC(=O)Nc1ccc(Br)c(C)c1. The van der Waals surface area contributed by atoms with E-state index in [0.29, 0.717) is 39.6 Å². The highest BCUT2D eigenvalue weighted by Crippen LogP contribution is 2.36. The first kappa shape index (κ1) is 30.6. The molecule has 0 bridgehead atoms. The summed E-state index contributed by atoms with van der Waals surface area (Å²) in [6, 6.07) is 15.9. The second-order valence-corrected chi connectivity index (χ2v) is 10.0. The number of nitrogens with one attached hydrogen (secondary N) is 3. The highest BCUT2D eigenvalue weighted by atomic mass is 79.9. The van der Waals surface area contributed by atoms with E-state index in [2.05, 4.69) is 53.0 Å². The van der Waals surface area contributed by atoms with Gasteiger partial charge in [0, 0.05) is 16.7 Å². The highest BCUT2D eigenvalue weighted by molar-refractivity contribution is 9.10. The van der Waals surface area contributed by atoms with Gasteiger partial charge < -0.3 is 24.8 Å². The van der Waals surface area contributed by atoms with Gasteiger partial charge in [-0.25, -0.2) is 5.43 Å². The number of methoxy groups -OCH3 is 1. The number of carbonyl (C=O) groups excluding carboxylic acids is 3. The third-order valence-corrected chi connectivity index (χ3v) is 6.80. The van der Waals surface area contributed by atoms with E-state index in [1.165, 1.54) is 6.21 Å². The fraction of sp³-hybridized carbons (Fsp3) is 0.214. The zero-order valence-electron chi connectivity index (χ0n) is 22.0. The van der Waals surface area contributed by atoms with Gasteiger partial charge in [0.25, 0.3) is 5.91 Å². The van der Waals surface area contributed by atoms with Gasteiger partial charge in [-0.1, -0.05) is 28.1 Å². The summed E-state index contributed by atoms with van der Waals surface area (Å²) in [5.41, 5.74) is 5.20. The monoisotopic (exact) mass is 674 g/mol. The average Bonchev–Trinajstić information content (AvgIpc) is 2.93. The van der Waals surface area contributed by atoms with Gasteiger partial charge in [-0.2, -0.15) is 5.10 Å². The van der Waals surface area contributed by atoms with Crippen LogP contribution in [0.3, 0.4) is 0 Å². The van der Waals surface area contributed by atoms with Gasteiger partial charge in [-0.05, 0) is 88.9 Å². The van der Waals surface area contributed by atoms with Crippen molar-refractivity contribution in [2.45, 2.75) is 20.4 Å². The van der Waals surface area contributed by atoms with Crippen molar-refractivity contribution in [1.29, 1.82) is 0 Å². The lowest BCUT2D eigenvalue weighted by Crippen LogP contribution is -2.37. The molecule has 0 heterocycles. The third-order valence-electron chi connectivity index (χ3n) is 5.32. The van der Waals surface area contributed by atoms with Crippen molar-refractivity contribution in [1.82, 2.24) is 10.7 Å². The van der Waals surface area contributed by atoms with Crippen molar-refractivity contribution in [2.75, 3.05) is 25.6 Å². The molecule has 0 fully saturated rings. The number of carbonyl (C=O) groups is 3. The summed E-state index contributed by atoms with van der Waals surface area (Å²) in [5, 5.41) is 9.18. The van der Waals surface area contributed by atoms with Crippen LogP contribution in [0.5, 0.6) is 17.2 Å². The Kier molecular flexibility index (Phi) is 11.5. The molecule has 0 aromatic heterocycles. The van der Waals surface area contributed by atoms with Gasteiger partial charge in [0.2, 0.25) is 0 Å². The number of hydrogen-bond donors (Lipinski definition) is 3. The van der Waals surface area contributed by atoms with E-state index >= 15 is 0 Å². The Morgan fingerprint density at radius 2 is 1.70 bits per heavy atom. The maximum absolute atomic E-state index is 12.4. The van der Waals surface area contributed by atoms with Crippen LogP contribution in [0.25, 0.3) is 0 Å². The minimum Gasteiger partial charge on any atom is -0.497 e. The fourth-order valence-corrected chi connectivity index (χ4v) is 4.17. The number of benzene rings is 3. The summed E-state index contributed by atoms with van der Waals surface area (Å²) in [7, 11) is 1.56. The molecular weight excluding hydrogens is 648 g/mol. The van der Waals surface area contributed by atoms with Crippen LogP contribution in [0.15, 0.2) is 68.6 Å². The minimum absolute atomic E-state index is 0.173. The third kappa shape index (κ3) is 9.09. The molecule has 0 spiro atoms. The van der Waals surface area contributed by atoms with E-state index in [9.17, 15) is 14.4 Å². The van der Waals surface area contributed by atoms with Gasteiger partial charge in [0.1, 0.15) is 5.75 Å². The maximum Gasteiger partial charge on any atom is 0.329 e. The summed E-state index contributed by atoms with van der Waals surface area (Å²) in [4.78, 5) is 36.6. The van der Waals surface area contributed by atoms with Gasteiger partial charge in [0.15, 0.2) is 18.1 Å². The molecule has 3 aromatic rings. The van der Waals surface area contributed by atoms with Gasteiger partial charge in [-0.15, -0.1) is 0 Å². The first-order chi connectivity index (χ1) is 19.2. The second-order valence-electron chi connectivity index (χ2n) is 8.29. The number of halogens is 2. The van der Waals surface area contributed by atoms with Crippen LogP contribution in [-0.2, 0) is 20.9 Å². The molecule has 0 aliphatic heterocycles. The molecule has 0 aliphatic rings. The number of ether oxygens (including phenoxy) is 3. The van der Waals surface area contributed by atoms with Crippen LogP contribution < -0.4 is 30.3 Å². The zero-order chi connectivity index (χ0) is 29.1. The molecule has 0 aliphatic carbocycles. The number of hydrogen-bond acceptors (Lipinski definition) is 7. The van der Waals surface area contributed by atoms with E-state index in [0.717, 1.165) is 15.6 Å². The van der Waals surface area contributed by atoms with Crippen molar-refractivity contribution in [3.63, 3.8) is 0 Å². The Morgan fingerprint density at radius 1 is 0.950 bits per heavy atom. The summed E-state index contributed by atoms with van der Waals surface area (Å²) in [6.45, 7) is 4.01. The molecule has 0 radical (unpaired) electrons. The van der Waals surface area contributed by atoms with Gasteiger partial charge in [-0.3, -0.25) is 14.4 Å². The molecule has 3 aromatic carbocycles. The zero-order valence-corrected chi connectivity index (χ0v) is 25.2. The van der Waals surface area contributed by atoms with E-state index in [1.54, 1.807) is 49.6 Å². The average molecular weight is 676 g/mol. The molecule has 0 atom stereocenters. The van der Waals surface area contributed by atoms with Crippen LogP contribution in [0, 0.1) is 6.92 Å². The molecule has 40 heavy (non-hydrogen) atoms. The summed E-state index contributed by atoms with van der Waals surface area (Å²) in [6.07, 6.45) is 1.36. The topological polar surface area (TPSA) is 127 Å². The Hall–Kier alpha value is -3.90. The van der Waals surface area contributed by atoms with E-state index < -0.39 is 11.8 Å². The molecule has 0 saturated heterocycles. The number of hydrazone groups is 1. The summed E-state index contributed by atoms with van der Waals surface area (Å²) in [5.74, 6) is -0.685. The van der Waals surface area contributed by atoms with Crippen LogP contribution in [0.1, 0.15) is 23.6 Å². The van der Waals surface area contributed by atoms with Crippen molar-refractivity contribution in [2.24, 2.45) is 5.10 Å². The predicted molar refractivity (Wildman–Crippen MR) is 159 cm³/mol. The molecule has 3 N–H and O–H groups in total. The Balaban J connectivity index is 1.56. The smallest absolute Gasteiger partial charge is 0.329 e. The number of rotatable bonds is 11. The summed E-state index contributed by atoms with van der Waals surface area (Å²) >= 11 is 6.87. The quantitative estimate of drug-likeness (QED) is 0.154. The first-order valence-electron chi connectivity index (χ1n) is 12.1. The van der Waals surface area contributed by atoms with Crippen molar-refractivity contribution in [3.05, 3.63) is 80.2 Å². The van der Waals surface area contributed by atoms with E-state index in [4.69, 9.17) is 14.2 Å². The standard InChI is InChI=1S/C28H28Br2N4O6/c1-4-39-24-13-19(15-32-34-28(37)27(36)31-14-18-5-8-21(38-3)9-6-18)12-23(30)26(24)40-16-25(35)33-20-7-10-22(29)17(2)11-20/h5-13,15H,4,14,16H2,1-3H3,(H,31,36)(H,33,35)(H,34,37)/b32-15-. The number of nitrogens with zero attached hydrogens (tertiary/aromatic N) is 1. The van der Waals surface area contributed by atoms with Crippen molar-refractivity contribution < 1.29 is 28.6 Å². The molecule has 0 saturated carbocycles. The van der Waals surface area contributed by atoms with Crippen molar-refractivity contribution >= 4 is 61.5 Å². The first-order valence-corrected chi connectivity index (χ1v) is 13.7. The molecule has 12 heteroatoms.